The van der Waals surface area contributed by atoms with Crippen molar-refractivity contribution in [3.63, 3.8) is 0 Å². The first kappa shape index (κ1) is 29.0. The molecule has 0 aliphatic carbocycles. The molecule has 0 radical (unpaired) electrons. The Morgan fingerprint density at radius 1 is 1.12 bits per heavy atom. The highest BCUT2D eigenvalue weighted by molar-refractivity contribution is 6.33. The van der Waals surface area contributed by atoms with Crippen molar-refractivity contribution in [3.05, 3.63) is 76.8 Å². The lowest BCUT2D eigenvalue weighted by molar-refractivity contribution is 0.0367. The predicted molar refractivity (Wildman–Crippen MR) is 165 cm³/mol. The van der Waals surface area contributed by atoms with Crippen molar-refractivity contribution in [1.82, 2.24) is 4.90 Å². The molecule has 2 saturated heterocycles. The maximum absolute atomic E-state index is 11.3. The molecule has 0 spiro atoms. The molecule has 0 saturated carbocycles. The van der Waals surface area contributed by atoms with Crippen LogP contribution in [0, 0.1) is 6.92 Å². The second-order valence-electron chi connectivity index (χ2n) is 10.9. The van der Waals surface area contributed by atoms with E-state index in [1.54, 1.807) is 12.1 Å². The third-order valence-corrected chi connectivity index (χ3v) is 8.23. The van der Waals surface area contributed by atoms with Crippen LogP contribution in [0.15, 0.2) is 60.7 Å². The Labute approximate surface area is 247 Å². The largest absolute Gasteiger partial charge is 0.490 e. The summed E-state index contributed by atoms with van der Waals surface area (Å²) in [7, 11) is 4.03. The van der Waals surface area contributed by atoms with Gasteiger partial charge in [-0.05, 0) is 74.2 Å². The molecular formula is C32H39ClN4O4. The van der Waals surface area contributed by atoms with E-state index in [-0.39, 0.29) is 12.3 Å². The average molecular weight is 579 g/mol. The normalized spacial score (nSPS) is 18.4. The van der Waals surface area contributed by atoms with Crippen molar-refractivity contribution in [2.45, 2.75) is 38.5 Å². The van der Waals surface area contributed by atoms with Crippen LogP contribution in [-0.4, -0.2) is 75.2 Å². The zero-order chi connectivity index (χ0) is 28.9. The third-order valence-electron chi connectivity index (χ3n) is 7.93. The Kier molecular flexibility index (Phi) is 9.22. The molecule has 3 aromatic rings. The summed E-state index contributed by atoms with van der Waals surface area (Å²) in [6.07, 6.45) is 3.47. The second kappa shape index (κ2) is 13.0. The summed E-state index contributed by atoms with van der Waals surface area (Å²) in [5.74, 6) is -0.0363. The molecule has 3 heterocycles. The van der Waals surface area contributed by atoms with Gasteiger partial charge in [0.25, 0.3) is 0 Å². The Balaban J connectivity index is 0.000000777. The van der Waals surface area contributed by atoms with Crippen molar-refractivity contribution in [2.75, 3.05) is 62.1 Å². The van der Waals surface area contributed by atoms with E-state index in [9.17, 15) is 9.90 Å². The van der Waals surface area contributed by atoms with E-state index < -0.39 is 5.97 Å². The third kappa shape index (κ3) is 7.07. The van der Waals surface area contributed by atoms with Crippen molar-refractivity contribution in [1.29, 1.82) is 0 Å². The minimum atomic E-state index is -0.905. The number of likely N-dealkylation sites (tertiary alicyclic amines) is 1. The molecule has 3 aliphatic rings. The van der Waals surface area contributed by atoms with Gasteiger partial charge in [0.15, 0.2) is 0 Å². The number of rotatable bonds is 7. The first-order chi connectivity index (χ1) is 19.8. The van der Waals surface area contributed by atoms with Gasteiger partial charge in [0.1, 0.15) is 18.0 Å². The van der Waals surface area contributed by atoms with Crippen LogP contribution in [0.2, 0.25) is 5.02 Å². The van der Waals surface area contributed by atoms with E-state index in [0.29, 0.717) is 5.56 Å². The summed E-state index contributed by atoms with van der Waals surface area (Å²) >= 11 is 6.49. The lowest BCUT2D eigenvalue weighted by Gasteiger charge is -2.35. The highest BCUT2D eigenvalue weighted by Crippen LogP contribution is 2.35. The molecule has 3 aliphatic heterocycles. The zero-order valence-electron chi connectivity index (χ0n) is 24.0. The minimum Gasteiger partial charge on any atom is -0.490 e. The summed E-state index contributed by atoms with van der Waals surface area (Å²) in [4.78, 5) is 18.0. The van der Waals surface area contributed by atoms with E-state index in [4.69, 9.17) is 21.1 Å². The van der Waals surface area contributed by atoms with Crippen LogP contribution in [-0.2, 0) is 4.74 Å². The first-order valence-electron chi connectivity index (χ1n) is 14.2. The monoisotopic (exact) mass is 578 g/mol. The fourth-order valence-corrected chi connectivity index (χ4v) is 5.63. The molecule has 218 valence electrons. The van der Waals surface area contributed by atoms with Gasteiger partial charge in [-0.3, -0.25) is 4.90 Å². The number of piperidine rings is 1. The van der Waals surface area contributed by atoms with Gasteiger partial charge >= 0.3 is 5.97 Å². The van der Waals surface area contributed by atoms with Gasteiger partial charge in [0, 0.05) is 58.7 Å². The van der Waals surface area contributed by atoms with Crippen molar-refractivity contribution in [2.24, 2.45) is 0 Å². The van der Waals surface area contributed by atoms with Crippen LogP contribution in [0.5, 0.6) is 5.75 Å². The SMILES string of the molecule is C1COC1.Cc1ccc(N(C)c2cccc(OC3CCN(CC4Nc5ccc(C(=O)O)cc5N4C)CC3)c2)c(Cl)c1. The molecule has 0 aromatic heterocycles. The van der Waals surface area contributed by atoms with Crippen LogP contribution in [0.3, 0.4) is 0 Å². The van der Waals surface area contributed by atoms with Crippen molar-refractivity contribution in [3.8, 4) is 5.75 Å². The maximum atomic E-state index is 11.3. The lowest BCUT2D eigenvalue weighted by atomic mass is 10.1. The number of nitrogens with zero attached hydrogens (tertiary/aromatic N) is 3. The molecule has 1 unspecified atom stereocenters. The Bertz CT molecular complexity index is 1350. The van der Waals surface area contributed by atoms with Crippen LogP contribution in [0.4, 0.5) is 22.7 Å². The molecule has 8 nitrogen and oxygen atoms in total. The summed E-state index contributed by atoms with van der Waals surface area (Å²) in [6, 6.07) is 19.5. The van der Waals surface area contributed by atoms with Gasteiger partial charge in [0.05, 0.1) is 27.6 Å². The van der Waals surface area contributed by atoms with Gasteiger partial charge in [-0.2, -0.15) is 0 Å². The highest BCUT2D eigenvalue weighted by atomic mass is 35.5. The van der Waals surface area contributed by atoms with Gasteiger partial charge in [-0.15, -0.1) is 0 Å². The van der Waals surface area contributed by atoms with E-state index in [1.807, 2.05) is 51.4 Å². The Morgan fingerprint density at radius 2 is 1.85 bits per heavy atom. The number of fused-ring (bicyclic) bond motifs is 1. The number of hydrogen-bond acceptors (Lipinski definition) is 7. The fraction of sp³-hybridized carbons (Fsp3) is 0.406. The Hall–Kier alpha value is -3.46. The standard InChI is InChI=1S/C29H33ClN4O3.C3H6O/c1-19-7-10-26(24(30)15-19)32(2)21-5-4-6-23(17-21)37-22-11-13-34(14-12-22)18-28-31-25-9-8-20(29(35)36)16-27(25)33(28)3;1-2-4-3-1/h4-10,15-17,22,28,31H,11-14,18H2,1-3H3,(H,35,36);1-3H2. The highest BCUT2D eigenvalue weighted by Gasteiger charge is 2.30. The number of halogens is 1. The number of nitrogens with one attached hydrogen (secondary N) is 1. The van der Waals surface area contributed by atoms with Crippen molar-refractivity contribution < 1.29 is 19.4 Å². The van der Waals surface area contributed by atoms with Gasteiger partial charge in [-0.25, -0.2) is 4.79 Å². The summed E-state index contributed by atoms with van der Waals surface area (Å²) in [5.41, 5.74) is 5.35. The number of benzene rings is 3. The van der Waals surface area contributed by atoms with E-state index in [0.717, 1.165) is 84.8 Å². The number of carbonyl (C=O) groups is 1. The summed E-state index contributed by atoms with van der Waals surface area (Å²) in [5, 5.41) is 13.6. The molecule has 0 amide bonds. The Morgan fingerprint density at radius 3 is 2.51 bits per heavy atom. The predicted octanol–water partition coefficient (Wildman–Crippen LogP) is 6.25. The summed E-state index contributed by atoms with van der Waals surface area (Å²) in [6.45, 7) is 6.80. The van der Waals surface area contributed by atoms with Gasteiger partial charge < -0.3 is 29.7 Å². The summed E-state index contributed by atoms with van der Waals surface area (Å²) < 4.78 is 11.1. The van der Waals surface area contributed by atoms with Gasteiger partial charge in [0.2, 0.25) is 0 Å². The lowest BCUT2D eigenvalue weighted by Crippen LogP contribution is -2.47. The van der Waals surface area contributed by atoms with Crippen LogP contribution in [0.25, 0.3) is 0 Å². The van der Waals surface area contributed by atoms with Crippen molar-refractivity contribution >= 4 is 40.3 Å². The first-order valence-corrected chi connectivity index (χ1v) is 14.6. The number of anilines is 4. The maximum Gasteiger partial charge on any atom is 0.335 e. The topological polar surface area (TPSA) is 77.5 Å². The molecule has 41 heavy (non-hydrogen) atoms. The van der Waals surface area contributed by atoms with E-state index in [1.165, 1.54) is 6.42 Å². The molecule has 3 aromatic carbocycles. The number of carboxylic acids is 1. The number of ether oxygens (including phenoxy) is 2. The molecule has 9 heteroatoms. The minimum absolute atomic E-state index is 0.109. The van der Waals surface area contributed by atoms with Crippen LogP contribution >= 0.6 is 11.6 Å². The van der Waals surface area contributed by atoms with Crippen LogP contribution in [0.1, 0.15) is 35.2 Å². The molecule has 2 fully saturated rings. The molecule has 1 atom stereocenters. The molecule has 2 N–H and O–H groups in total. The molecule has 0 bridgehead atoms. The molecular weight excluding hydrogens is 540 g/mol. The number of likely N-dealkylation sites (N-methyl/N-ethyl adjacent to an activating group) is 1. The molecule has 6 rings (SSSR count). The smallest absolute Gasteiger partial charge is 0.335 e. The van der Waals surface area contributed by atoms with E-state index in [2.05, 4.69) is 38.2 Å². The second-order valence-corrected chi connectivity index (χ2v) is 11.3. The number of carboxylic acid groups (broad SMARTS) is 1. The van der Waals surface area contributed by atoms with Gasteiger partial charge in [-0.1, -0.05) is 23.7 Å². The number of aryl methyl sites for hydroxylation is 1. The van der Waals surface area contributed by atoms with E-state index >= 15 is 0 Å². The van der Waals surface area contributed by atoms with Crippen LogP contribution < -0.4 is 19.9 Å². The number of aromatic carboxylic acids is 1. The zero-order valence-corrected chi connectivity index (χ0v) is 24.7. The quantitative estimate of drug-likeness (QED) is 0.340. The number of hydrogen-bond donors (Lipinski definition) is 2. The average Bonchev–Trinajstić information content (AvgIpc) is 3.23. The fourth-order valence-electron chi connectivity index (χ4n) is 5.27.